The minimum atomic E-state index is -0.228. The second kappa shape index (κ2) is 6.02. The fourth-order valence-electron chi connectivity index (χ4n) is 1.93. The zero-order valence-corrected chi connectivity index (χ0v) is 12.2. The van der Waals surface area contributed by atoms with Gasteiger partial charge in [-0.1, -0.05) is 28.9 Å². The van der Waals surface area contributed by atoms with E-state index in [4.69, 9.17) is 9.47 Å². The number of benzene rings is 1. The van der Waals surface area contributed by atoms with Crippen molar-refractivity contribution < 1.29 is 13.9 Å². The van der Waals surface area contributed by atoms with E-state index in [1.807, 2.05) is 0 Å². The first-order chi connectivity index (χ1) is 8.61. The maximum atomic E-state index is 13.4. The van der Waals surface area contributed by atoms with E-state index in [9.17, 15) is 4.39 Å². The molecule has 0 radical (unpaired) electrons. The van der Waals surface area contributed by atoms with Crippen molar-refractivity contribution in [2.75, 3.05) is 6.61 Å². The molecule has 2 nitrogen and oxygen atoms in total. The highest BCUT2D eigenvalue weighted by Gasteiger charge is 2.42. The van der Waals surface area contributed by atoms with Crippen molar-refractivity contribution in [3.05, 3.63) is 29.6 Å². The van der Waals surface area contributed by atoms with Crippen LogP contribution in [0.15, 0.2) is 18.2 Å². The van der Waals surface area contributed by atoms with Gasteiger partial charge >= 0.3 is 0 Å². The Bertz CT molecular complexity index is 411. The molecule has 2 rings (SSSR count). The Labute approximate surface area is 116 Å². The molecule has 100 valence electrons. The Morgan fingerprint density at radius 3 is 2.83 bits per heavy atom. The van der Waals surface area contributed by atoms with Gasteiger partial charge in [0.15, 0.2) is 0 Å². The van der Waals surface area contributed by atoms with Gasteiger partial charge in [-0.2, -0.15) is 0 Å². The number of rotatable bonds is 5. The van der Waals surface area contributed by atoms with E-state index in [1.54, 1.807) is 19.1 Å². The van der Waals surface area contributed by atoms with Crippen LogP contribution in [0.25, 0.3) is 0 Å². The zero-order chi connectivity index (χ0) is 13.1. The molecule has 1 saturated carbocycles. The topological polar surface area (TPSA) is 18.5 Å². The van der Waals surface area contributed by atoms with Crippen molar-refractivity contribution in [2.45, 2.75) is 43.7 Å². The maximum Gasteiger partial charge on any atom is 0.129 e. The number of aryl methyl sites for hydroxylation is 1. The quantitative estimate of drug-likeness (QED) is 0.768. The van der Waals surface area contributed by atoms with Crippen molar-refractivity contribution in [2.24, 2.45) is 0 Å². The molecule has 4 heteroatoms. The van der Waals surface area contributed by atoms with E-state index < -0.39 is 0 Å². The summed E-state index contributed by atoms with van der Waals surface area (Å²) < 4.78 is 24.9. The van der Waals surface area contributed by atoms with Crippen LogP contribution in [-0.4, -0.2) is 23.6 Å². The van der Waals surface area contributed by atoms with E-state index in [2.05, 4.69) is 22.9 Å². The summed E-state index contributed by atoms with van der Waals surface area (Å²) in [6.45, 7) is 4.55. The van der Waals surface area contributed by atoms with Crippen LogP contribution in [-0.2, 0) is 4.74 Å². The molecular weight excluding hydrogens is 299 g/mol. The monoisotopic (exact) mass is 316 g/mol. The minimum Gasteiger partial charge on any atom is -0.488 e. The Kier molecular flexibility index (Phi) is 4.62. The van der Waals surface area contributed by atoms with Gasteiger partial charge < -0.3 is 9.47 Å². The normalized spacial score (nSPS) is 26.8. The molecule has 1 aromatic rings. The molecule has 0 amide bonds. The van der Waals surface area contributed by atoms with Gasteiger partial charge in [0.05, 0.1) is 0 Å². The molecule has 0 aromatic heterocycles. The molecule has 0 bridgehead atoms. The van der Waals surface area contributed by atoms with Crippen LogP contribution in [0.5, 0.6) is 5.75 Å². The summed E-state index contributed by atoms with van der Waals surface area (Å²) in [6, 6.07) is 4.97. The highest BCUT2D eigenvalue weighted by Crippen LogP contribution is 2.34. The van der Waals surface area contributed by atoms with Gasteiger partial charge in [-0.25, -0.2) is 4.39 Å². The Morgan fingerprint density at radius 2 is 2.22 bits per heavy atom. The molecule has 1 aliphatic rings. The lowest BCUT2D eigenvalue weighted by molar-refractivity contribution is -0.0762. The van der Waals surface area contributed by atoms with E-state index in [1.165, 1.54) is 6.07 Å². The highest BCUT2D eigenvalue weighted by molar-refractivity contribution is 9.09. The first-order valence-corrected chi connectivity index (χ1v) is 7.22. The molecule has 3 unspecified atom stereocenters. The Morgan fingerprint density at radius 1 is 1.44 bits per heavy atom. The molecule has 0 heterocycles. The molecule has 1 aliphatic carbocycles. The van der Waals surface area contributed by atoms with Gasteiger partial charge in [-0.05, 0) is 25.0 Å². The third-order valence-corrected chi connectivity index (χ3v) is 4.02. The van der Waals surface area contributed by atoms with Crippen LogP contribution in [0.4, 0.5) is 4.39 Å². The lowest BCUT2D eigenvalue weighted by Crippen LogP contribution is -2.52. The van der Waals surface area contributed by atoms with Crippen molar-refractivity contribution >= 4 is 15.9 Å². The number of hydrogen-bond donors (Lipinski definition) is 0. The number of alkyl halides is 1. The van der Waals surface area contributed by atoms with Gasteiger partial charge in [0.25, 0.3) is 0 Å². The van der Waals surface area contributed by atoms with Crippen LogP contribution in [0, 0.1) is 12.7 Å². The summed E-state index contributed by atoms with van der Waals surface area (Å²) in [5.74, 6) is 0.348. The van der Waals surface area contributed by atoms with Crippen molar-refractivity contribution in [3.63, 3.8) is 0 Å². The summed E-state index contributed by atoms with van der Waals surface area (Å²) in [4.78, 5) is 0.337. The third kappa shape index (κ3) is 3.04. The van der Waals surface area contributed by atoms with Crippen LogP contribution < -0.4 is 4.74 Å². The predicted octanol–water partition coefficient (Wildman–Crippen LogP) is 3.84. The summed E-state index contributed by atoms with van der Waals surface area (Å²) >= 11 is 3.56. The minimum absolute atomic E-state index is 0.0167. The molecule has 1 fully saturated rings. The Hall–Kier alpha value is -0.610. The highest BCUT2D eigenvalue weighted by atomic mass is 79.9. The number of hydrogen-bond acceptors (Lipinski definition) is 2. The molecule has 3 atom stereocenters. The first kappa shape index (κ1) is 13.8. The summed E-state index contributed by atoms with van der Waals surface area (Å²) in [5.41, 5.74) is 0.633. The van der Waals surface area contributed by atoms with Gasteiger partial charge in [0.1, 0.15) is 23.8 Å². The average Bonchev–Trinajstić information content (AvgIpc) is 2.33. The Balaban J connectivity index is 1.94. The second-order valence-electron chi connectivity index (χ2n) is 4.65. The van der Waals surface area contributed by atoms with E-state index in [-0.39, 0.29) is 18.0 Å². The SMILES string of the molecule is CCCOC1C(Br)CC1Oc1ccc(C)c(F)c1. The second-order valence-corrected chi connectivity index (χ2v) is 5.83. The number of ether oxygens (including phenoxy) is 2. The molecule has 0 spiro atoms. The van der Waals surface area contributed by atoms with Crippen molar-refractivity contribution in [3.8, 4) is 5.75 Å². The molecule has 0 aliphatic heterocycles. The summed E-state index contributed by atoms with van der Waals surface area (Å²) in [6.07, 6.45) is 1.96. The fraction of sp³-hybridized carbons (Fsp3) is 0.571. The largest absolute Gasteiger partial charge is 0.488 e. The van der Waals surface area contributed by atoms with E-state index in [0.29, 0.717) is 16.1 Å². The van der Waals surface area contributed by atoms with Crippen molar-refractivity contribution in [1.29, 1.82) is 0 Å². The molecule has 0 N–H and O–H groups in total. The van der Waals surface area contributed by atoms with Gasteiger partial charge in [-0.3, -0.25) is 0 Å². The van der Waals surface area contributed by atoms with Crippen molar-refractivity contribution in [1.82, 2.24) is 0 Å². The van der Waals surface area contributed by atoms with Gasteiger partial charge in [0, 0.05) is 23.9 Å². The van der Waals surface area contributed by atoms with E-state index in [0.717, 1.165) is 19.4 Å². The van der Waals surface area contributed by atoms with Gasteiger partial charge in [0.2, 0.25) is 0 Å². The molecular formula is C14H18BrFO2. The van der Waals surface area contributed by atoms with Crippen LogP contribution >= 0.6 is 15.9 Å². The summed E-state index contributed by atoms with van der Waals surface area (Å²) in [7, 11) is 0. The summed E-state index contributed by atoms with van der Waals surface area (Å²) in [5, 5.41) is 0. The van der Waals surface area contributed by atoms with Crippen LogP contribution in [0.3, 0.4) is 0 Å². The maximum absolute atomic E-state index is 13.4. The molecule has 1 aromatic carbocycles. The standard InChI is InChI=1S/C14H18BrFO2/c1-3-6-17-14-11(15)8-13(14)18-10-5-4-9(2)12(16)7-10/h4-5,7,11,13-14H,3,6,8H2,1-2H3. The van der Waals surface area contributed by atoms with Gasteiger partial charge in [-0.15, -0.1) is 0 Å². The van der Waals surface area contributed by atoms with Crippen LogP contribution in [0.2, 0.25) is 0 Å². The third-order valence-electron chi connectivity index (χ3n) is 3.13. The fourth-order valence-corrected chi connectivity index (χ4v) is 2.79. The predicted molar refractivity (Wildman–Crippen MR) is 72.9 cm³/mol. The smallest absolute Gasteiger partial charge is 0.129 e. The number of halogens is 2. The lowest BCUT2D eigenvalue weighted by atomic mass is 9.91. The lowest BCUT2D eigenvalue weighted by Gasteiger charge is -2.40. The van der Waals surface area contributed by atoms with E-state index >= 15 is 0 Å². The van der Waals surface area contributed by atoms with Crippen LogP contribution in [0.1, 0.15) is 25.3 Å². The zero-order valence-electron chi connectivity index (χ0n) is 10.7. The molecule has 0 saturated heterocycles. The molecule has 18 heavy (non-hydrogen) atoms. The first-order valence-electron chi connectivity index (χ1n) is 6.30. The average molecular weight is 317 g/mol.